The van der Waals surface area contributed by atoms with Gasteiger partial charge in [0.2, 0.25) is 11.8 Å². The number of aromatic nitrogens is 1. The molecular weight excluding hydrogens is 318 g/mol. The molecule has 1 heterocycles. The molecule has 25 heavy (non-hydrogen) atoms. The second kappa shape index (κ2) is 10.2. The molecule has 1 rings (SSSR count). The van der Waals surface area contributed by atoms with Crippen LogP contribution >= 0.6 is 0 Å². The van der Waals surface area contributed by atoms with Gasteiger partial charge in [0.25, 0.3) is 0 Å². The monoisotopic (exact) mass is 351 g/mol. The first-order valence-corrected chi connectivity index (χ1v) is 8.92. The number of ether oxygens (including phenoxy) is 1. The third kappa shape index (κ3) is 6.90. The van der Waals surface area contributed by atoms with Crippen LogP contribution in [0.5, 0.6) is 0 Å². The van der Waals surface area contributed by atoms with Crippen LogP contribution in [0.1, 0.15) is 33.4 Å². The third-order valence-electron chi connectivity index (χ3n) is 4.04. The molecule has 6 heteroatoms. The Morgan fingerprint density at radius 1 is 1.20 bits per heavy atom. The minimum Gasteiger partial charge on any atom is -0.383 e. The van der Waals surface area contributed by atoms with Crippen LogP contribution in [0.15, 0.2) is 18.3 Å². The number of rotatable bonds is 10. The summed E-state index contributed by atoms with van der Waals surface area (Å²) in [4.78, 5) is 28.8. The lowest BCUT2D eigenvalue weighted by molar-refractivity contribution is -0.143. The van der Waals surface area contributed by atoms with Crippen LogP contribution in [0.3, 0.4) is 0 Å². The maximum Gasteiger partial charge on any atom is 0.242 e. The van der Waals surface area contributed by atoms with Crippen molar-refractivity contribution in [2.24, 2.45) is 18.9 Å². The summed E-state index contributed by atoms with van der Waals surface area (Å²) in [6.45, 7) is 10.0. The third-order valence-corrected chi connectivity index (χ3v) is 4.04. The van der Waals surface area contributed by atoms with Crippen molar-refractivity contribution in [3.63, 3.8) is 0 Å². The summed E-state index contributed by atoms with van der Waals surface area (Å²) < 4.78 is 7.14. The molecule has 0 saturated heterocycles. The second-order valence-electron chi connectivity index (χ2n) is 7.19. The normalized spacial score (nSPS) is 11.2. The lowest BCUT2D eigenvalue weighted by atomic mass is 10.1. The van der Waals surface area contributed by atoms with E-state index in [4.69, 9.17) is 4.74 Å². The zero-order valence-electron chi connectivity index (χ0n) is 16.5. The zero-order valence-corrected chi connectivity index (χ0v) is 16.5. The van der Waals surface area contributed by atoms with E-state index in [2.05, 4.69) is 13.8 Å². The largest absolute Gasteiger partial charge is 0.383 e. The van der Waals surface area contributed by atoms with Crippen LogP contribution in [-0.4, -0.2) is 59.5 Å². The molecule has 0 unspecified atom stereocenters. The molecular formula is C19H33N3O3. The van der Waals surface area contributed by atoms with E-state index < -0.39 is 0 Å². The van der Waals surface area contributed by atoms with Crippen LogP contribution < -0.4 is 0 Å². The van der Waals surface area contributed by atoms with E-state index >= 15 is 0 Å². The SMILES string of the molecule is COCCN(Cc1cccn1C)C(=O)CN(CC(C)C)C(=O)C(C)C. The fraction of sp³-hybridized carbons (Fsp3) is 0.684. The molecule has 0 bridgehead atoms. The molecule has 0 aliphatic heterocycles. The first-order chi connectivity index (χ1) is 11.8. The maximum atomic E-state index is 12.9. The van der Waals surface area contributed by atoms with E-state index in [0.717, 1.165) is 5.69 Å². The zero-order chi connectivity index (χ0) is 19.0. The van der Waals surface area contributed by atoms with Gasteiger partial charge in [-0.1, -0.05) is 27.7 Å². The van der Waals surface area contributed by atoms with E-state index in [0.29, 0.717) is 32.2 Å². The predicted molar refractivity (Wildman–Crippen MR) is 99.0 cm³/mol. The molecule has 0 fully saturated rings. The summed E-state index contributed by atoms with van der Waals surface area (Å²) in [7, 11) is 3.58. The van der Waals surface area contributed by atoms with Gasteiger partial charge >= 0.3 is 0 Å². The van der Waals surface area contributed by atoms with Gasteiger partial charge < -0.3 is 19.1 Å². The summed E-state index contributed by atoms with van der Waals surface area (Å²) in [5, 5.41) is 0. The maximum absolute atomic E-state index is 12.9. The fourth-order valence-electron chi connectivity index (χ4n) is 2.65. The number of hydrogen-bond acceptors (Lipinski definition) is 3. The average molecular weight is 351 g/mol. The van der Waals surface area contributed by atoms with Gasteiger partial charge in [0.15, 0.2) is 0 Å². The number of nitrogens with zero attached hydrogens (tertiary/aromatic N) is 3. The first kappa shape index (κ1) is 21.2. The Bertz CT molecular complexity index is 552. The van der Waals surface area contributed by atoms with Gasteiger partial charge in [-0.2, -0.15) is 0 Å². The van der Waals surface area contributed by atoms with Crippen molar-refractivity contribution in [1.29, 1.82) is 0 Å². The summed E-state index contributed by atoms with van der Waals surface area (Å²) in [6, 6.07) is 3.96. The molecule has 0 N–H and O–H groups in total. The summed E-state index contributed by atoms with van der Waals surface area (Å²) in [6.07, 6.45) is 1.96. The van der Waals surface area contributed by atoms with Crippen molar-refractivity contribution in [2.45, 2.75) is 34.2 Å². The Hall–Kier alpha value is -1.82. The highest BCUT2D eigenvalue weighted by Gasteiger charge is 2.24. The number of methoxy groups -OCH3 is 1. The lowest BCUT2D eigenvalue weighted by Gasteiger charge is -2.29. The van der Waals surface area contributed by atoms with E-state index in [1.807, 2.05) is 43.8 Å². The summed E-state index contributed by atoms with van der Waals surface area (Å²) in [5.41, 5.74) is 1.05. The van der Waals surface area contributed by atoms with Crippen molar-refractivity contribution < 1.29 is 14.3 Å². The van der Waals surface area contributed by atoms with Crippen molar-refractivity contribution in [3.8, 4) is 0 Å². The topological polar surface area (TPSA) is 54.8 Å². The van der Waals surface area contributed by atoms with E-state index in [-0.39, 0.29) is 24.3 Å². The lowest BCUT2D eigenvalue weighted by Crippen LogP contribution is -2.46. The number of amides is 2. The molecule has 0 radical (unpaired) electrons. The van der Waals surface area contributed by atoms with Gasteiger partial charge in [0, 0.05) is 45.1 Å². The predicted octanol–water partition coefficient (Wildman–Crippen LogP) is 2.14. The molecule has 1 aromatic heterocycles. The molecule has 0 spiro atoms. The Morgan fingerprint density at radius 3 is 2.36 bits per heavy atom. The van der Waals surface area contributed by atoms with Crippen LogP contribution in [0, 0.1) is 11.8 Å². The minimum absolute atomic E-state index is 0.0209. The number of carbonyl (C=O) groups excluding carboxylic acids is 2. The number of carbonyl (C=O) groups is 2. The molecule has 6 nitrogen and oxygen atoms in total. The second-order valence-corrected chi connectivity index (χ2v) is 7.19. The number of hydrogen-bond donors (Lipinski definition) is 0. The molecule has 1 aromatic rings. The van der Waals surface area contributed by atoms with Gasteiger partial charge in [-0.25, -0.2) is 0 Å². The molecule has 0 aliphatic rings. The van der Waals surface area contributed by atoms with Crippen molar-refractivity contribution in [1.82, 2.24) is 14.4 Å². The quantitative estimate of drug-likeness (QED) is 0.649. The molecule has 0 aromatic carbocycles. The van der Waals surface area contributed by atoms with Crippen LogP contribution in [-0.2, 0) is 27.9 Å². The fourth-order valence-corrected chi connectivity index (χ4v) is 2.65. The Labute approximate surface area is 151 Å². The van der Waals surface area contributed by atoms with Gasteiger partial charge in [-0.15, -0.1) is 0 Å². The van der Waals surface area contributed by atoms with Gasteiger partial charge in [-0.3, -0.25) is 9.59 Å². The molecule has 2 amide bonds. The summed E-state index contributed by atoms with van der Waals surface area (Å²) >= 11 is 0. The Balaban J connectivity index is 2.86. The standard InChI is InChI=1S/C19H33N3O3/c1-15(2)12-22(19(24)16(3)4)14-18(23)21(10-11-25-6)13-17-8-7-9-20(17)5/h7-9,15-16H,10-14H2,1-6H3. The highest BCUT2D eigenvalue weighted by molar-refractivity contribution is 5.85. The van der Waals surface area contributed by atoms with E-state index in [9.17, 15) is 9.59 Å². The van der Waals surface area contributed by atoms with Crippen LogP contribution in [0.2, 0.25) is 0 Å². The minimum atomic E-state index is -0.119. The molecule has 0 saturated carbocycles. The smallest absolute Gasteiger partial charge is 0.242 e. The van der Waals surface area contributed by atoms with Gasteiger partial charge in [0.1, 0.15) is 0 Å². The van der Waals surface area contributed by atoms with Crippen molar-refractivity contribution >= 4 is 11.8 Å². The van der Waals surface area contributed by atoms with Crippen molar-refractivity contribution in [3.05, 3.63) is 24.0 Å². The van der Waals surface area contributed by atoms with Crippen LogP contribution in [0.25, 0.3) is 0 Å². The molecule has 0 aliphatic carbocycles. The summed E-state index contributed by atoms with van der Waals surface area (Å²) in [5.74, 6) is 0.170. The Kier molecular flexibility index (Phi) is 8.69. The van der Waals surface area contributed by atoms with Gasteiger partial charge in [0.05, 0.1) is 19.7 Å². The van der Waals surface area contributed by atoms with E-state index in [1.165, 1.54) is 0 Å². The first-order valence-electron chi connectivity index (χ1n) is 8.92. The number of aryl methyl sites for hydroxylation is 1. The van der Waals surface area contributed by atoms with Gasteiger partial charge in [-0.05, 0) is 18.1 Å². The van der Waals surface area contributed by atoms with Crippen molar-refractivity contribution in [2.75, 3.05) is 33.4 Å². The van der Waals surface area contributed by atoms with Crippen LogP contribution in [0.4, 0.5) is 0 Å². The highest BCUT2D eigenvalue weighted by Crippen LogP contribution is 2.10. The molecule has 0 atom stereocenters. The highest BCUT2D eigenvalue weighted by atomic mass is 16.5. The molecule has 142 valence electrons. The van der Waals surface area contributed by atoms with E-state index in [1.54, 1.807) is 16.9 Å². The average Bonchev–Trinajstić information content (AvgIpc) is 2.94. The Morgan fingerprint density at radius 2 is 1.88 bits per heavy atom.